The van der Waals surface area contributed by atoms with Gasteiger partial charge in [0.15, 0.2) is 0 Å². The summed E-state index contributed by atoms with van der Waals surface area (Å²) in [7, 11) is 1.03. The number of likely N-dealkylation sites (N-methyl/N-ethyl adjacent to an activating group) is 1. The highest BCUT2D eigenvalue weighted by Crippen LogP contribution is 2.37. The number of rotatable bonds is 1. The number of benzene rings is 1. The molecular formula is C11H7F3N2O3. The second-order valence-corrected chi connectivity index (χ2v) is 3.80. The Morgan fingerprint density at radius 2 is 1.58 bits per heavy atom. The Labute approximate surface area is 105 Å². The predicted octanol–water partition coefficient (Wildman–Crippen LogP) is 1.63. The Morgan fingerprint density at radius 1 is 1.00 bits per heavy atom. The zero-order valence-corrected chi connectivity index (χ0v) is 9.56. The number of urea groups is 1. The molecule has 0 atom stereocenters. The van der Waals surface area contributed by atoms with Crippen LogP contribution in [-0.2, 0) is 15.8 Å². The summed E-state index contributed by atoms with van der Waals surface area (Å²) in [5, 5.41) is 0. The van der Waals surface area contributed by atoms with E-state index in [9.17, 15) is 27.6 Å². The van der Waals surface area contributed by atoms with E-state index in [4.69, 9.17) is 0 Å². The van der Waals surface area contributed by atoms with Crippen LogP contribution in [0.5, 0.6) is 0 Å². The van der Waals surface area contributed by atoms with Crippen molar-refractivity contribution >= 4 is 23.5 Å². The first-order valence-corrected chi connectivity index (χ1v) is 5.07. The lowest BCUT2D eigenvalue weighted by molar-refractivity contribution is -0.139. The van der Waals surface area contributed by atoms with Gasteiger partial charge in [0, 0.05) is 7.05 Å². The van der Waals surface area contributed by atoms with Gasteiger partial charge in [-0.15, -0.1) is 0 Å². The third kappa shape index (κ3) is 1.94. The predicted molar refractivity (Wildman–Crippen MR) is 57.1 cm³/mol. The Bertz CT molecular complexity index is 583. The first-order valence-electron chi connectivity index (χ1n) is 5.07. The van der Waals surface area contributed by atoms with Gasteiger partial charge < -0.3 is 0 Å². The number of hydrogen-bond acceptors (Lipinski definition) is 3. The first kappa shape index (κ1) is 13.1. The Hall–Kier alpha value is -2.38. The van der Waals surface area contributed by atoms with Crippen molar-refractivity contribution in [2.45, 2.75) is 6.18 Å². The molecule has 1 aliphatic heterocycles. The van der Waals surface area contributed by atoms with E-state index in [1.54, 1.807) is 0 Å². The van der Waals surface area contributed by atoms with Crippen LogP contribution in [0.2, 0.25) is 0 Å². The summed E-state index contributed by atoms with van der Waals surface area (Å²) in [6.07, 6.45) is -4.73. The van der Waals surface area contributed by atoms with E-state index < -0.39 is 35.3 Å². The molecule has 4 amide bonds. The fraction of sp³-hybridized carbons (Fsp3) is 0.182. The number of amides is 4. The Kier molecular flexibility index (Phi) is 2.80. The summed E-state index contributed by atoms with van der Waals surface area (Å²) in [4.78, 5) is 35.2. The zero-order valence-electron chi connectivity index (χ0n) is 9.56. The molecule has 5 nitrogen and oxygen atoms in total. The van der Waals surface area contributed by atoms with Crippen LogP contribution in [0.4, 0.5) is 23.7 Å². The molecule has 19 heavy (non-hydrogen) atoms. The van der Waals surface area contributed by atoms with E-state index >= 15 is 0 Å². The molecule has 2 rings (SSSR count). The van der Waals surface area contributed by atoms with Crippen LogP contribution in [0, 0.1) is 0 Å². The third-order valence-electron chi connectivity index (χ3n) is 2.62. The molecule has 1 aromatic carbocycles. The molecule has 100 valence electrons. The molecular weight excluding hydrogens is 265 g/mol. The van der Waals surface area contributed by atoms with Gasteiger partial charge in [-0.2, -0.15) is 13.2 Å². The monoisotopic (exact) mass is 272 g/mol. The SMILES string of the molecule is CN1C(=O)C(=O)N(c2ccccc2C(F)(F)F)C1=O. The van der Waals surface area contributed by atoms with Crippen LogP contribution >= 0.6 is 0 Å². The Morgan fingerprint density at radius 3 is 2.05 bits per heavy atom. The number of halogens is 3. The largest absolute Gasteiger partial charge is 0.418 e. The fourth-order valence-corrected chi connectivity index (χ4v) is 1.68. The fourth-order valence-electron chi connectivity index (χ4n) is 1.68. The number of alkyl halides is 3. The topological polar surface area (TPSA) is 57.7 Å². The molecule has 0 N–H and O–H groups in total. The van der Waals surface area contributed by atoms with Crippen molar-refractivity contribution in [3.63, 3.8) is 0 Å². The van der Waals surface area contributed by atoms with Gasteiger partial charge >= 0.3 is 24.0 Å². The van der Waals surface area contributed by atoms with Crippen molar-refractivity contribution in [1.82, 2.24) is 4.90 Å². The smallest absolute Gasteiger partial charge is 0.263 e. The molecule has 1 fully saturated rings. The maximum absolute atomic E-state index is 12.8. The quantitative estimate of drug-likeness (QED) is 0.576. The van der Waals surface area contributed by atoms with Crippen molar-refractivity contribution in [2.75, 3.05) is 11.9 Å². The van der Waals surface area contributed by atoms with Crippen molar-refractivity contribution in [3.05, 3.63) is 29.8 Å². The lowest BCUT2D eigenvalue weighted by atomic mass is 10.1. The second kappa shape index (κ2) is 4.08. The summed E-state index contributed by atoms with van der Waals surface area (Å²) >= 11 is 0. The molecule has 1 aliphatic rings. The minimum Gasteiger partial charge on any atom is -0.263 e. The van der Waals surface area contributed by atoms with Crippen molar-refractivity contribution in [2.24, 2.45) is 0 Å². The molecule has 1 heterocycles. The van der Waals surface area contributed by atoms with E-state index in [0.717, 1.165) is 25.2 Å². The normalized spacial score (nSPS) is 16.5. The molecule has 1 saturated heterocycles. The van der Waals surface area contributed by atoms with Crippen LogP contribution < -0.4 is 4.90 Å². The molecule has 0 bridgehead atoms. The molecule has 1 aromatic rings. The highest BCUT2D eigenvalue weighted by molar-refractivity contribution is 6.52. The van der Waals surface area contributed by atoms with E-state index in [2.05, 4.69) is 0 Å². The van der Waals surface area contributed by atoms with Gasteiger partial charge in [0.05, 0.1) is 11.3 Å². The number of nitrogens with zero attached hydrogens (tertiary/aromatic N) is 2. The molecule has 0 radical (unpaired) electrons. The molecule has 0 aromatic heterocycles. The summed E-state index contributed by atoms with van der Waals surface area (Å²) < 4.78 is 38.4. The number of hydrogen-bond donors (Lipinski definition) is 0. The lowest BCUT2D eigenvalue weighted by Gasteiger charge is -2.18. The van der Waals surface area contributed by atoms with Gasteiger partial charge in [-0.3, -0.25) is 14.5 Å². The lowest BCUT2D eigenvalue weighted by Crippen LogP contribution is -2.33. The molecule has 0 spiro atoms. The summed E-state index contributed by atoms with van der Waals surface area (Å²) in [6.45, 7) is 0. The first-order chi connectivity index (χ1) is 8.75. The number of anilines is 1. The van der Waals surface area contributed by atoms with Crippen LogP contribution in [-0.4, -0.2) is 29.8 Å². The minimum absolute atomic E-state index is 0.227. The summed E-state index contributed by atoms with van der Waals surface area (Å²) in [5.74, 6) is -2.47. The minimum atomic E-state index is -4.73. The summed E-state index contributed by atoms with van der Waals surface area (Å²) in [6, 6.07) is 2.97. The van der Waals surface area contributed by atoms with Gasteiger partial charge in [0.1, 0.15) is 0 Å². The van der Waals surface area contributed by atoms with E-state index in [1.165, 1.54) is 6.07 Å². The Balaban J connectivity index is 2.58. The van der Waals surface area contributed by atoms with E-state index in [-0.39, 0.29) is 4.90 Å². The number of para-hydroxylation sites is 1. The van der Waals surface area contributed by atoms with E-state index in [1.807, 2.05) is 0 Å². The van der Waals surface area contributed by atoms with Crippen LogP contribution in [0.1, 0.15) is 5.56 Å². The van der Waals surface area contributed by atoms with Crippen LogP contribution in [0.25, 0.3) is 0 Å². The maximum Gasteiger partial charge on any atom is 0.418 e. The van der Waals surface area contributed by atoms with Gasteiger partial charge in [-0.25, -0.2) is 9.69 Å². The van der Waals surface area contributed by atoms with Gasteiger partial charge in [0.2, 0.25) is 0 Å². The van der Waals surface area contributed by atoms with Gasteiger partial charge in [-0.05, 0) is 12.1 Å². The van der Waals surface area contributed by atoms with E-state index in [0.29, 0.717) is 4.90 Å². The van der Waals surface area contributed by atoms with Crippen LogP contribution in [0.3, 0.4) is 0 Å². The zero-order chi connectivity index (χ0) is 14.4. The van der Waals surface area contributed by atoms with Crippen LogP contribution in [0.15, 0.2) is 24.3 Å². The average Bonchev–Trinajstić information content (AvgIpc) is 2.53. The number of carbonyl (C=O) groups excluding carboxylic acids is 3. The number of carbonyl (C=O) groups is 3. The average molecular weight is 272 g/mol. The molecule has 8 heteroatoms. The van der Waals surface area contributed by atoms with Gasteiger partial charge in [-0.1, -0.05) is 12.1 Å². The summed E-state index contributed by atoms with van der Waals surface area (Å²) in [5.41, 5.74) is -1.80. The molecule has 0 saturated carbocycles. The number of imide groups is 2. The standard InChI is InChI=1S/C11H7F3N2O3/c1-15-8(17)9(18)16(10(15)19)7-5-3-2-4-6(7)11(12,13)14/h2-5H,1H3. The second-order valence-electron chi connectivity index (χ2n) is 3.80. The van der Waals surface area contributed by atoms with Crippen molar-refractivity contribution < 1.29 is 27.6 Å². The highest BCUT2D eigenvalue weighted by atomic mass is 19.4. The molecule has 0 unspecified atom stereocenters. The van der Waals surface area contributed by atoms with Gasteiger partial charge in [0.25, 0.3) is 0 Å². The highest BCUT2D eigenvalue weighted by Gasteiger charge is 2.46. The molecule has 0 aliphatic carbocycles. The van der Waals surface area contributed by atoms with Crippen molar-refractivity contribution in [1.29, 1.82) is 0 Å². The van der Waals surface area contributed by atoms with Crippen molar-refractivity contribution in [3.8, 4) is 0 Å². The maximum atomic E-state index is 12.8. The third-order valence-corrected chi connectivity index (χ3v) is 2.62.